The lowest BCUT2D eigenvalue weighted by molar-refractivity contribution is 0.404. The van der Waals surface area contributed by atoms with Gasteiger partial charge in [-0.05, 0) is 43.4 Å². The van der Waals surface area contributed by atoms with Crippen molar-refractivity contribution in [2.24, 2.45) is 0 Å². The first-order chi connectivity index (χ1) is 9.56. The molecule has 0 aromatic heterocycles. The van der Waals surface area contributed by atoms with E-state index < -0.39 is 6.04 Å². The second-order valence-electron chi connectivity index (χ2n) is 4.27. The summed E-state index contributed by atoms with van der Waals surface area (Å²) in [5.74, 6) is 0.295. The van der Waals surface area contributed by atoms with Crippen LogP contribution in [0.5, 0.6) is 5.75 Å². The molecule has 0 fully saturated rings. The van der Waals surface area contributed by atoms with E-state index in [0.29, 0.717) is 21.4 Å². The van der Waals surface area contributed by atoms with E-state index in [2.05, 4.69) is 5.32 Å². The van der Waals surface area contributed by atoms with Gasteiger partial charge < -0.3 is 10.1 Å². The highest BCUT2D eigenvalue weighted by atomic mass is 35.5. The van der Waals surface area contributed by atoms with Gasteiger partial charge in [0.2, 0.25) is 0 Å². The molecular weight excluding hydrogens is 300 g/mol. The van der Waals surface area contributed by atoms with Crippen molar-refractivity contribution in [2.75, 3.05) is 14.2 Å². The molecular formula is C15H14Cl2FNO. The summed E-state index contributed by atoms with van der Waals surface area (Å²) in [5.41, 5.74) is 1.20. The highest BCUT2D eigenvalue weighted by Gasteiger charge is 2.20. The zero-order valence-corrected chi connectivity index (χ0v) is 12.6. The van der Waals surface area contributed by atoms with Gasteiger partial charge in [-0.2, -0.15) is 0 Å². The summed E-state index contributed by atoms with van der Waals surface area (Å²) in [4.78, 5) is 0. The Hall–Kier alpha value is -1.29. The molecule has 1 N–H and O–H groups in total. The molecule has 0 spiro atoms. The van der Waals surface area contributed by atoms with Crippen molar-refractivity contribution in [3.63, 3.8) is 0 Å². The minimum absolute atomic E-state index is 0.337. The van der Waals surface area contributed by atoms with Gasteiger partial charge in [-0.3, -0.25) is 0 Å². The Morgan fingerprint density at radius 2 is 1.65 bits per heavy atom. The van der Waals surface area contributed by atoms with Crippen LogP contribution in [0.15, 0.2) is 36.4 Å². The number of nitrogens with one attached hydrogen (secondary N) is 1. The molecule has 0 bridgehead atoms. The van der Waals surface area contributed by atoms with E-state index in [1.807, 2.05) is 0 Å². The average Bonchev–Trinajstić information content (AvgIpc) is 2.44. The Balaban J connectivity index is 2.57. The first kappa shape index (κ1) is 15.1. The molecule has 0 saturated carbocycles. The number of halogens is 3. The van der Waals surface area contributed by atoms with Crippen LogP contribution < -0.4 is 10.1 Å². The molecule has 106 valence electrons. The Kier molecular flexibility index (Phi) is 4.86. The fraction of sp³-hybridized carbons (Fsp3) is 0.200. The number of methoxy groups -OCH3 is 1. The third kappa shape index (κ3) is 3.06. The van der Waals surface area contributed by atoms with Crippen LogP contribution in [0.1, 0.15) is 17.2 Å². The maximum atomic E-state index is 14.1. The maximum absolute atomic E-state index is 14.1. The molecule has 0 amide bonds. The van der Waals surface area contributed by atoms with Gasteiger partial charge in [0.05, 0.1) is 13.2 Å². The van der Waals surface area contributed by atoms with Gasteiger partial charge >= 0.3 is 0 Å². The van der Waals surface area contributed by atoms with Crippen molar-refractivity contribution in [3.05, 3.63) is 63.4 Å². The fourth-order valence-electron chi connectivity index (χ4n) is 2.15. The minimum atomic E-state index is -0.401. The number of rotatable bonds is 4. The van der Waals surface area contributed by atoms with Gasteiger partial charge in [0.15, 0.2) is 0 Å². The zero-order valence-electron chi connectivity index (χ0n) is 11.1. The van der Waals surface area contributed by atoms with Gasteiger partial charge in [-0.25, -0.2) is 4.39 Å². The number of ether oxygens (including phenoxy) is 1. The van der Waals surface area contributed by atoms with Gasteiger partial charge in [0, 0.05) is 21.2 Å². The smallest absolute Gasteiger partial charge is 0.128 e. The third-order valence-electron chi connectivity index (χ3n) is 3.06. The van der Waals surface area contributed by atoms with Crippen molar-refractivity contribution in [1.29, 1.82) is 0 Å². The van der Waals surface area contributed by atoms with E-state index in [0.717, 1.165) is 5.56 Å². The highest BCUT2D eigenvalue weighted by Crippen LogP contribution is 2.34. The second kappa shape index (κ2) is 6.44. The SMILES string of the molecule is CNC(c1cc(Cl)ccc1F)c1cc(Cl)ccc1OC. The lowest BCUT2D eigenvalue weighted by atomic mass is 9.97. The molecule has 5 heteroatoms. The largest absolute Gasteiger partial charge is 0.496 e. The summed E-state index contributed by atoms with van der Waals surface area (Å²) in [7, 11) is 3.30. The van der Waals surface area contributed by atoms with Crippen molar-refractivity contribution in [2.45, 2.75) is 6.04 Å². The monoisotopic (exact) mass is 313 g/mol. The minimum Gasteiger partial charge on any atom is -0.496 e. The molecule has 2 rings (SSSR count). The van der Waals surface area contributed by atoms with Crippen LogP contribution in [0.25, 0.3) is 0 Å². The Bertz CT molecular complexity index is 619. The molecule has 0 radical (unpaired) electrons. The summed E-state index contributed by atoms with van der Waals surface area (Å²) < 4.78 is 19.4. The first-order valence-corrected chi connectivity index (χ1v) is 6.78. The standard InChI is InChI=1S/C15H14Cl2FNO/c1-19-15(11-7-9(16)3-5-13(11)18)12-8-10(17)4-6-14(12)20-2/h3-8,15,19H,1-2H3. The number of hydrogen-bond donors (Lipinski definition) is 1. The summed E-state index contributed by atoms with van der Waals surface area (Å²) in [6.45, 7) is 0. The first-order valence-electron chi connectivity index (χ1n) is 6.02. The zero-order chi connectivity index (χ0) is 14.7. The van der Waals surface area contributed by atoms with Gasteiger partial charge in [0.1, 0.15) is 11.6 Å². The Morgan fingerprint density at radius 1 is 1.05 bits per heavy atom. The lowest BCUT2D eigenvalue weighted by Gasteiger charge is -2.21. The van der Waals surface area contributed by atoms with E-state index in [1.54, 1.807) is 38.4 Å². The normalized spacial score (nSPS) is 12.2. The third-order valence-corrected chi connectivity index (χ3v) is 3.53. The summed E-state index contributed by atoms with van der Waals surface area (Å²) >= 11 is 12.0. The molecule has 0 heterocycles. The molecule has 0 aliphatic rings. The average molecular weight is 314 g/mol. The van der Waals surface area contributed by atoms with E-state index in [9.17, 15) is 4.39 Å². The Morgan fingerprint density at radius 3 is 2.25 bits per heavy atom. The molecule has 0 aliphatic carbocycles. The number of benzene rings is 2. The van der Waals surface area contributed by atoms with E-state index in [1.165, 1.54) is 12.1 Å². The predicted octanol–water partition coefficient (Wildman–Crippen LogP) is 4.45. The highest BCUT2D eigenvalue weighted by molar-refractivity contribution is 6.31. The van der Waals surface area contributed by atoms with E-state index in [4.69, 9.17) is 27.9 Å². The van der Waals surface area contributed by atoms with Crippen molar-refractivity contribution in [1.82, 2.24) is 5.32 Å². The molecule has 2 aromatic rings. The van der Waals surface area contributed by atoms with E-state index in [-0.39, 0.29) is 5.82 Å². The summed E-state index contributed by atoms with van der Waals surface area (Å²) in [5, 5.41) is 4.10. The second-order valence-corrected chi connectivity index (χ2v) is 5.15. The predicted molar refractivity (Wildman–Crippen MR) is 80.3 cm³/mol. The molecule has 0 aliphatic heterocycles. The van der Waals surface area contributed by atoms with Crippen LogP contribution in [-0.2, 0) is 0 Å². The van der Waals surface area contributed by atoms with E-state index >= 15 is 0 Å². The summed E-state index contributed by atoms with van der Waals surface area (Å²) in [6, 6.07) is 9.29. The van der Waals surface area contributed by atoms with Crippen LogP contribution in [-0.4, -0.2) is 14.2 Å². The molecule has 20 heavy (non-hydrogen) atoms. The molecule has 0 saturated heterocycles. The quantitative estimate of drug-likeness (QED) is 0.900. The van der Waals surface area contributed by atoms with Crippen LogP contribution in [0.2, 0.25) is 10.0 Å². The van der Waals surface area contributed by atoms with Gasteiger partial charge in [0.25, 0.3) is 0 Å². The fourth-order valence-corrected chi connectivity index (χ4v) is 2.51. The molecule has 2 nitrogen and oxygen atoms in total. The van der Waals surface area contributed by atoms with Gasteiger partial charge in [-0.15, -0.1) is 0 Å². The summed E-state index contributed by atoms with van der Waals surface area (Å²) in [6.07, 6.45) is 0. The van der Waals surface area contributed by atoms with Crippen LogP contribution in [0.4, 0.5) is 4.39 Å². The van der Waals surface area contributed by atoms with Crippen LogP contribution >= 0.6 is 23.2 Å². The molecule has 1 unspecified atom stereocenters. The van der Waals surface area contributed by atoms with Crippen molar-refractivity contribution in [3.8, 4) is 5.75 Å². The topological polar surface area (TPSA) is 21.3 Å². The Labute approximate surface area is 127 Å². The van der Waals surface area contributed by atoms with Crippen molar-refractivity contribution >= 4 is 23.2 Å². The van der Waals surface area contributed by atoms with Crippen LogP contribution in [0, 0.1) is 5.82 Å². The van der Waals surface area contributed by atoms with Crippen molar-refractivity contribution < 1.29 is 9.13 Å². The van der Waals surface area contributed by atoms with Gasteiger partial charge in [-0.1, -0.05) is 23.2 Å². The van der Waals surface area contributed by atoms with Crippen LogP contribution in [0.3, 0.4) is 0 Å². The lowest BCUT2D eigenvalue weighted by Crippen LogP contribution is -2.19. The molecule has 1 atom stereocenters. The number of hydrogen-bond acceptors (Lipinski definition) is 2. The maximum Gasteiger partial charge on any atom is 0.128 e. The molecule has 2 aromatic carbocycles.